The number of alkyl halides is 3. The van der Waals surface area contributed by atoms with Crippen LogP contribution in [0.1, 0.15) is 32.3 Å². The molecule has 9 heteroatoms. The summed E-state index contributed by atoms with van der Waals surface area (Å²) in [5.74, 6) is 1.29. The van der Waals surface area contributed by atoms with Crippen molar-refractivity contribution in [2.75, 3.05) is 18.0 Å². The van der Waals surface area contributed by atoms with Crippen molar-refractivity contribution in [3.63, 3.8) is 0 Å². The molecule has 30 heavy (non-hydrogen) atoms. The highest BCUT2D eigenvalue weighted by atomic mass is 19.4. The van der Waals surface area contributed by atoms with Crippen LogP contribution < -0.4 is 10.6 Å². The molecule has 1 aliphatic heterocycles. The van der Waals surface area contributed by atoms with Gasteiger partial charge in [0.15, 0.2) is 5.65 Å². The van der Waals surface area contributed by atoms with Gasteiger partial charge in [0.2, 0.25) is 0 Å². The molecule has 0 aliphatic carbocycles. The summed E-state index contributed by atoms with van der Waals surface area (Å²) in [6.45, 7) is 5.64. The molecule has 3 aromatic rings. The van der Waals surface area contributed by atoms with E-state index in [1.54, 1.807) is 18.3 Å². The van der Waals surface area contributed by atoms with Crippen LogP contribution in [0.3, 0.4) is 0 Å². The molecule has 3 N–H and O–H groups in total. The zero-order valence-corrected chi connectivity index (χ0v) is 16.9. The van der Waals surface area contributed by atoms with Crippen molar-refractivity contribution in [2.45, 2.75) is 38.9 Å². The standard InChI is InChI=1S/C21H25F3N6/c1-12(2)10-13-11-30(9-7-16(13)25)17-6-5-15(21(22,23)24)19(27-17)18-14-4-3-8-26-20(14)29-28-18/h3-6,8,12-13,16H,7,9-11,25H2,1-2H3,(H,26,28,29)/t13-,16?/m0/s1. The molecule has 1 aliphatic rings. The summed E-state index contributed by atoms with van der Waals surface area (Å²) in [4.78, 5) is 10.6. The van der Waals surface area contributed by atoms with Gasteiger partial charge in [0.25, 0.3) is 0 Å². The Bertz CT molecular complexity index is 1030. The van der Waals surface area contributed by atoms with Crippen molar-refractivity contribution in [2.24, 2.45) is 17.6 Å². The molecule has 4 rings (SSSR count). The second-order valence-electron chi connectivity index (χ2n) is 8.32. The number of nitrogens with two attached hydrogens (primary N) is 1. The minimum atomic E-state index is -4.54. The SMILES string of the molecule is CC(C)C[C@H]1CN(c2ccc(C(F)(F)F)c(-c3n[nH]c4ncccc34)n2)CCC1N. The molecule has 6 nitrogen and oxygen atoms in total. The lowest BCUT2D eigenvalue weighted by Gasteiger charge is -2.38. The fourth-order valence-corrected chi connectivity index (χ4v) is 4.18. The molecule has 160 valence electrons. The Morgan fingerprint density at radius 3 is 2.77 bits per heavy atom. The maximum atomic E-state index is 13.7. The van der Waals surface area contributed by atoms with E-state index in [9.17, 15) is 13.2 Å². The first kappa shape index (κ1) is 20.6. The molecule has 1 fully saturated rings. The third-order valence-electron chi connectivity index (χ3n) is 5.64. The summed E-state index contributed by atoms with van der Waals surface area (Å²) in [6.07, 6.45) is -1.23. The van der Waals surface area contributed by atoms with Gasteiger partial charge >= 0.3 is 6.18 Å². The molecule has 0 saturated carbocycles. The molecule has 4 heterocycles. The van der Waals surface area contributed by atoms with E-state index in [4.69, 9.17) is 5.73 Å². The molecular weight excluding hydrogens is 393 g/mol. The van der Waals surface area contributed by atoms with Crippen molar-refractivity contribution in [3.8, 4) is 11.4 Å². The number of piperidine rings is 1. The normalized spacial score (nSPS) is 20.3. The van der Waals surface area contributed by atoms with Crippen LogP contribution in [0.5, 0.6) is 0 Å². The van der Waals surface area contributed by atoms with Crippen LogP contribution in [-0.2, 0) is 6.18 Å². The number of aromatic amines is 1. The number of anilines is 1. The van der Waals surface area contributed by atoms with E-state index >= 15 is 0 Å². The first-order chi connectivity index (χ1) is 14.2. The van der Waals surface area contributed by atoms with Crippen molar-refractivity contribution in [1.82, 2.24) is 20.2 Å². The number of nitrogens with zero attached hydrogens (tertiary/aromatic N) is 4. The fraction of sp³-hybridized carbons (Fsp3) is 0.476. The predicted molar refractivity (Wildman–Crippen MR) is 110 cm³/mol. The van der Waals surface area contributed by atoms with Crippen LogP contribution in [0.15, 0.2) is 30.5 Å². The van der Waals surface area contributed by atoms with Crippen molar-refractivity contribution < 1.29 is 13.2 Å². The molecule has 0 aromatic carbocycles. The van der Waals surface area contributed by atoms with Gasteiger partial charge in [-0.3, -0.25) is 5.10 Å². The molecule has 0 spiro atoms. The van der Waals surface area contributed by atoms with Crippen LogP contribution in [-0.4, -0.2) is 39.3 Å². The number of aromatic nitrogens is 4. The Morgan fingerprint density at radius 2 is 2.03 bits per heavy atom. The number of fused-ring (bicyclic) bond motifs is 1. The van der Waals surface area contributed by atoms with Gasteiger partial charge in [-0.15, -0.1) is 0 Å². The lowest BCUT2D eigenvalue weighted by atomic mass is 9.86. The molecule has 1 saturated heterocycles. The summed E-state index contributed by atoms with van der Waals surface area (Å²) in [5.41, 5.74) is 5.88. The second kappa shape index (κ2) is 7.86. The van der Waals surface area contributed by atoms with E-state index in [0.717, 1.165) is 18.9 Å². The summed E-state index contributed by atoms with van der Waals surface area (Å²) in [7, 11) is 0. The van der Waals surface area contributed by atoms with Gasteiger partial charge in [-0.25, -0.2) is 9.97 Å². The van der Waals surface area contributed by atoms with E-state index in [1.165, 1.54) is 6.07 Å². The molecule has 1 unspecified atom stereocenters. The maximum Gasteiger partial charge on any atom is 0.418 e. The van der Waals surface area contributed by atoms with Crippen LogP contribution >= 0.6 is 0 Å². The molecule has 0 radical (unpaired) electrons. The van der Waals surface area contributed by atoms with Crippen LogP contribution in [0.2, 0.25) is 0 Å². The zero-order chi connectivity index (χ0) is 21.5. The van der Waals surface area contributed by atoms with E-state index in [2.05, 4.69) is 34.0 Å². The number of halogens is 3. The van der Waals surface area contributed by atoms with Gasteiger partial charge in [0, 0.05) is 30.7 Å². The Labute approximate surface area is 172 Å². The highest BCUT2D eigenvalue weighted by Crippen LogP contribution is 2.39. The summed E-state index contributed by atoms with van der Waals surface area (Å²) in [6, 6.07) is 6.00. The van der Waals surface area contributed by atoms with E-state index in [-0.39, 0.29) is 23.3 Å². The quantitative estimate of drug-likeness (QED) is 0.662. The second-order valence-corrected chi connectivity index (χ2v) is 8.32. The van der Waals surface area contributed by atoms with E-state index in [0.29, 0.717) is 35.9 Å². The summed E-state index contributed by atoms with van der Waals surface area (Å²) < 4.78 is 41.2. The number of H-pyrrole nitrogens is 1. The summed E-state index contributed by atoms with van der Waals surface area (Å²) in [5, 5.41) is 7.31. The maximum absolute atomic E-state index is 13.7. The smallest absolute Gasteiger partial charge is 0.356 e. The molecule has 0 bridgehead atoms. The first-order valence-corrected chi connectivity index (χ1v) is 10.1. The number of nitrogens with one attached hydrogen (secondary N) is 1. The lowest BCUT2D eigenvalue weighted by Crippen LogP contribution is -2.47. The van der Waals surface area contributed by atoms with Crippen LogP contribution in [0.25, 0.3) is 22.4 Å². The highest BCUT2D eigenvalue weighted by Gasteiger charge is 2.37. The van der Waals surface area contributed by atoms with Gasteiger partial charge in [0.1, 0.15) is 17.2 Å². The number of hydrogen-bond acceptors (Lipinski definition) is 5. The minimum Gasteiger partial charge on any atom is -0.356 e. The molecule has 2 atom stereocenters. The molecule has 3 aromatic heterocycles. The minimum absolute atomic E-state index is 0.0962. The van der Waals surface area contributed by atoms with Gasteiger partial charge in [-0.1, -0.05) is 13.8 Å². The van der Waals surface area contributed by atoms with Crippen molar-refractivity contribution >= 4 is 16.9 Å². The predicted octanol–water partition coefficient (Wildman–Crippen LogP) is 4.24. The molecule has 0 amide bonds. The number of pyridine rings is 2. The third-order valence-corrected chi connectivity index (χ3v) is 5.64. The highest BCUT2D eigenvalue weighted by molar-refractivity contribution is 5.90. The van der Waals surface area contributed by atoms with Crippen LogP contribution in [0.4, 0.5) is 19.0 Å². The number of hydrogen-bond donors (Lipinski definition) is 2. The van der Waals surface area contributed by atoms with Gasteiger partial charge in [0.05, 0.1) is 5.56 Å². The van der Waals surface area contributed by atoms with Crippen LogP contribution in [0, 0.1) is 11.8 Å². The lowest BCUT2D eigenvalue weighted by molar-refractivity contribution is -0.137. The Morgan fingerprint density at radius 1 is 1.23 bits per heavy atom. The Hall–Kier alpha value is -2.68. The topological polar surface area (TPSA) is 83.7 Å². The van der Waals surface area contributed by atoms with E-state index in [1.807, 2.05) is 4.90 Å². The zero-order valence-electron chi connectivity index (χ0n) is 16.9. The van der Waals surface area contributed by atoms with Gasteiger partial charge in [-0.2, -0.15) is 18.3 Å². The Balaban J connectivity index is 1.76. The fourth-order valence-electron chi connectivity index (χ4n) is 4.18. The summed E-state index contributed by atoms with van der Waals surface area (Å²) >= 11 is 0. The van der Waals surface area contributed by atoms with Crippen molar-refractivity contribution in [3.05, 3.63) is 36.0 Å². The van der Waals surface area contributed by atoms with Gasteiger partial charge < -0.3 is 10.6 Å². The number of rotatable bonds is 4. The third kappa shape index (κ3) is 3.98. The average Bonchev–Trinajstić information content (AvgIpc) is 3.12. The van der Waals surface area contributed by atoms with E-state index < -0.39 is 11.7 Å². The van der Waals surface area contributed by atoms with Crippen molar-refractivity contribution in [1.29, 1.82) is 0 Å². The monoisotopic (exact) mass is 418 g/mol. The first-order valence-electron chi connectivity index (χ1n) is 10.1. The Kier molecular flexibility index (Phi) is 5.40. The van der Waals surface area contributed by atoms with Gasteiger partial charge in [-0.05, 0) is 48.9 Å². The average molecular weight is 418 g/mol. The molecular formula is C21H25F3N6. The largest absolute Gasteiger partial charge is 0.418 e.